The van der Waals surface area contributed by atoms with Gasteiger partial charge < -0.3 is 19.5 Å². The van der Waals surface area contributed by atoms with E-state index in [9.17, 15) is 13.2 Å². The van der Waals surface area contributed by atoms with Crippen LogP contribution in [0.2, 0.25) is 5.02 Å². The third-order valence-electron chi connectivity index (χ3n) is 4.68. The van der Waals surface area contributed by atoms with E-state index in [1.54, 1.807) is 36.4 Å². The maximum absolute atomic E-state index is 12.8. The molecule has 0 atom stereocenters. The van der Waals surface area contributed by atoms with Gasteiger partial charge in [0.2, 0.25) is 10.0 Å². The Balaban J connectivity index is 1.58. The van der Waals surface area contributed by atoms with Crippen LogP contribution in [-0.4, -0.2) is 28.5 Å². The smallest absolute Gasteiger partial charge is 0.259 e. The predicted octanol–water partition coefficient (Wildman–Crippen LogP) is 4.66. The van der Waals surface area contributed by atoms with E-state index in [4.69, 9.17) is 25.8 Å². The van der Waals surface area contributed by atoms with Crippen LogP contribution in [0, 0.1) is 0 Å². The van der Waals surface area contributed by atoms with E-state index in [0.717, 1.165) is 0 Å². The molecule has 0 aliphatic carbocycles. The topological polar surface area (TPSA) is 103 Å². The predicted molar refractivity (Wildman–Crippen MR) is 122 cm³/mol. The molecule has 3 aromatic rings. The zero-order valence-corrected chi connectivity index (χ0v) is 18.7. The van der Waals surface area contributed by atoms with E-state index in [-0.39, 0.29) is 17.0 Å². The van der Waals surface area contributed by atoms with Gasteiger partial charge in [0.15, 0.2) is 5.75 Å². The summed E-state index contributed by atoms with van der Waals surface area (Å²) in [5.41, 5.74) is 1.31. The lowest BCUT2D eigenvalue weighted by Crippen LogP contribution is -2.16. The summed E-state index contributed by atoms with van der Waals surface area (Å²) in [6, 6.07) is 14.2. The van der Waals surface area contributed by atoms with E-state index >= 15 is 0 Å². The number of carbonyl (C=O) groups is 1. The van der Waals surface area contributed by atoms with Crippen LogP contribution in [0.3, 0.4) is 0 Å². The molecule has 0 fully saturated rings. The Morgan fingerprint density at radius 1 is 0.969 bits per heavy atom. The van der Waals surface area contributed by atoms with Crippen molar-refractivity contribution >= 4 is 38.9 Å². The molecular formula is C22H19ClN2O6S. The molecule has 10 heteroatoms. The fourth-order valence-corrected chi connectivity index (χ4v) is 4.58. The van der Waals surface area contributed by atoms with Crippen molar-refractivity contribution in [3.63, 3.8) is 0 Å². The minimum absolute atomic E-state index is 0.181. The summed E-state index contributed by atoms with van der Waals surface area (Å²) in [5.74, 6) is 0.927. The van der Waals surface area contributed by atoms with Crippen LogP contribution in [0.5, 0.6) is 23.0 Å². The lowest BCUT2D eigenvalue weighted by atomic mass is 10.1. The largest absolute Gasteiger partial charge is 0.497 e. The van der Waals surface area contributed by atoms with Gasteiger partial charge in [0, 0.05) is 16.8 Å². The molecule has 0 saturated carbocycles. The van der Waals surface area contributed by atoms with Gasteiger partial charge in [-0.05, 0) is 54.1 Å². The molecule has 0 aromatic heterocycles. The minimum atomic E-state index is -3.80. The Labute approximate surface area is 190 Å². The summed E-state index contributed by atoms with van der Waals surface area (Å²) < 4.78 is 44.2. The first-order valence-electron chi connectivity index (χ1n) is 9.41. The normalized spacial score (nSPS) is 12.5. The monoisotopic (exact) mass is 474 g/mol. The highest BCUT2D eigenvalue weighted by atomic mass is 35.5. The molecule has 2 N–H and O–H groups in total. The fraction of sp³-hybridized carbons (Fsp3) is 0.136. The maximum atomic E-state index is 12.8. The van der Waals surface area contributed by atoms with Gasteiger partial charge in [-0.25, -0.2) is 8.42 Å². The van der Waals surface area contributed by atoms with Gasteiger partial charge in [0.25, 0.3) is 5.91 Å². The highest BCUT2D eigenvalue weighted by molar-refractivity contribution is 7.91. The summed E-state index contributed by atoms with van der Waals surface area (Å²) in [7, 11) is -0.828. The van der Waals surface area contributed by atoms with Crippen molar-refractivity contribution in [1.82, 2.24) is 0 Å². The molecule has 1 amide bonds. The molecule has 0 saturated heterocycles. The molecule has 4 rings (SSSR count). The van der Waals surface area contributed by atoms with Gasteiger partial charge in [0.05, 0.1) is 31.2 Å². The summed E-state index contributed by atoms with van der Waals surface area (Å²) in [4.78, 5) is 12.7. The molecule has 1 aliphatic rings. The highest BCUT2D eigenvalue weighted by Crippen LogP contribution is 2.38. The van der Waals surface area contributed by atoms with Crippen molar-refractivity contribution in [2.24, 2.45) is 0 Å². The van der Waals surface area contributed by atoms with E-state index in [2.05, 4.69) is 10.0 Å². The molecule has 166 valence electrons. The van der Waals surface area contributed by atoms with E-state index < -0.39 is 15.9 Å². The lowest BCUT2D eigenvalue weighted by molar-refractivity contribution is 0.102. The van der Waals surface area contributed by atoms with Gasteiger partial charge in [0.1, 0.15) is 17.2 Å². The van der Waals surface area contributed by atoms with Crippen molar-refractivity contribution in [2.45, 2.75) is 5.75 Å². The van der Waals surface area contributed by atoms with Gasteiger partial charge >= 0.3 is 0 Å². The summed E-state index contributed by atoms with van der Waals surface area (Å²) in [6.45, 7) is 0. The number of rotatable bonds is 6. The third-order valence-corrected chi connectivity index (χ3v) is 6.17. The summed E-state index contributed by atoms with van der Waals surface area (Å²) in [5, 5.41) is 3.17. The first-order chi connectivity index (χ1) is 15.3. The number of nitrogens with one attached hydrogen (secondary N) is 2. The zero-order chi connectivity index (χ0) is 22.9. The van der Waals surface area contributed by atoms with Crippen molar-refractivity contribution in [3.8, 4) is 23.0 Å². The highest BCUT2D eigenvalue weighted by Gasteiger charge is 2.22. The van der Waals surface area contributed by atoms with Crippen LogP contribution in [0.15, 0.2) is 54.6 Å². The number of halogens is 1. The third kappa shape index (κ3) is 4.74. The number of sulfonamides is 1. The molecule has 0 unspecified atom stereocenters. The average molecular weight is 475 g/mol. The van der Waals surface area contributed by atoms with E-state index in [1.165, 1.54) is 32.4 Å². The average Bonchev–Trinajstić information content (AvgIpc) is 2.88. The first-order valence-corrected chi connectivity index (χ1v) is 11.4. The SMILES string of the molecule is COc1cc(CS(=O)(=O)Nc2ccc3c(c2)C(=O)Nc2cc(Cl)ccc2O3)cc(OC)c1. The molecule has 8 nitrogen and oxygen atoms in total. The number of amides is 1. The van der Waals surface area contributed by atoms with E-state index in [0.29, 0.717) is 39.3 Å². The standard InChI is InChI=1S/C22H19ClN2O6S/c1-29-16-7-13(8-17(11-16)30-2)12-32(27,28)25-15-4-6-20-18(10-15)22(26)24-19-9-14(23)3-5-21(19)31-20/h3-11,25H,12H2,1-2H3,(H,24,26). The number of anilines is 2. The Bertz CT molecular complexity index is 1290. The first kappa shape index (κ1) is 21.8. The number of methoxy groups -OCH3 is 2. The Morgan fingerprint density at radius 3 is 2.34 bits per heavy atom. The van der Waals surface area contributed by atoms with Crippen LogP contribution < -0.4 is 24.2 Å². The van der Waals surface area contributed by atoms with Gasteiger partial charge in [-0.1, -0.05) is 11.6 Å². The fourth-order valence-electron chi connectivity index (χ4n) is 3.24. The Hall–Kier alpha value is -3.43. The summed E-state index contributed by atoms with van der Waals surface area (Å²) in [6.07, 6.45) is 0. The van der Waals surface area contributed by atoms with Crippen molar-refractivity contribution in [3.05, 3.63) is 70.7 Å². The number of hydrogen-bond donors (Lipinski definition) is 2. The van der Waals surface area contributed by atoms with Gasteiger partial charge in [-0.2, -0.15) is 0 Å². The van der Waals surface area contributed by atoms with Crippen molar-refractivity contribution < 1.29 is 27.4 Å². The maximum Gasteiger partial charge on any atom is 0.259 e. The molecule has 0 spiro atoms. The van der Waals surface area contributed by atoms with Crippen LogP contribution in [0.25, 0.3) is 0 Å². The van der Waals surface area contributed by atoms with Crippen LogP contribution >= 0.6 is 11.6 Å². The molecule has 1 heterocycles. The molecule has 3 aromatic carbocycles. The van der Waals surface area contributed by atoms with Crippen molar-refractivity contribution in [2.75, 3.05) is 24.3 Å². The lowest BCUT2D eigenvalue weighted by Gasteiger charge is -2.12. The second-order valence-corrected chi connectivity index (χ2v) is 9.15. The number of fused-ring (bicyclic) bond motifs is 2. The quantitative estimate of drug-likeness (QED) is 0.538. The second-order valence-electron chi connectivity index (χ2n) is 6.99. The van der Waals surface area contributed by atoms with Crippen molar-refractivity contribution in [1.29, 1.82) is 0 Å². The summed E-state index contributed by atoms with van der Waals surface area (Å²) >= 11 is 5.99. The number of carbonyl (C=O) groups excluding carboxylic acids is 1. The molecule has 1 aliphatic heterocycles. The molecule has 0 bridgehead atoms. The molecule has 32 heavy (non-hydrogen) atoms. The Kier molecular flexibility index (Phi) is 5.86. The zero-order valence-electron chi connectivity index (χ0n) is 17.1. The number of ether oxygens (including phenoxy) is 3. The van der Waals surface area contributed by atoms with Crippen LogP contribution in [-0.2, 0) is 15.8 Å². The van der Waals surface area contributed by atoms with Crippen LogP contribution in [0.4, 0.5) is 11.4 Å². The van der Waals surface area contributed by atoms with Crippen LogP contribution in [0.1, 0.15) is 15.9 Å². The van der Waals surface area contributed by atoms with E-state index in [1.807, 2.05) is 0 Å². The molecule has 0 radical (unpaired) electrons. The van der Waals surface area contributed by atoms with Gasteiger partial charge in [-0.3, -0.25) is 9.52 Å². The molecular weight excluding hydrogens is 456 g/mol. The number of hydrogen-bond acceptors (Lipinski definition) is 6. The Morgan fingerprint density at radius 2 is 1.66 bits per heavy atom. The second kappa shape index (κ2) is 8.60. The minimum Gasteiger partial charge on any atom is -0.497 e. The number of benzene rings is 3. The van der Waals surface area contributed by atoms with Gasteiger partial charge in [-0.15, -0.1) is 0 Å².